The zero-order valence-electron chi connectivity index (χ0n) is 18.7. The minimum Gasteiger partial charge on any atom is -0.479 e. The minimum atomic E-state index is -1.10. The van der Waals surface area contributed by atoms with Crippen molar-refractivity contribution in [1.82, 2.24) is 10.6 Å². The van der Waals surface area contributed by atoms with Crippen molar-refractivity contribution in [2.45, 2.75) is 50.3 Å². The van der Waals surface area contributed by atoms with Gasteiger partial charge in [0, 0.05) is 24.5 Å². The van der Waals surface area contributed by atoms with Crippen LogP contribution in [-0.2, 0) is 19.1 Å². The van der Waals surface area contributed by atoms with E-state index in [2.05, 4.69) is 22.8 Å². The molecule has 0 radical (unpaired) electrons. The van der Waals surface area contributed by atoms with Crippen LogP contribution in [0.5, 0.6) is 0 Å². The summed E-state index contributed by atoms with van der Waals surface area (Å²) < 4.78 is 10.7. The quantitative estimate of drug-likeness (QED) is 0.595. The summed E-state index contributed by atoms with van der Waals surface area (Å²) in [7, 11) is 0. The number of hydrogen-bond acceptors (Lipinski definition) is 5. The van der Waals surface area contributed by atoms with Gasteiger partial charge in [-0.1, -0.05) is 48.5 Å². The number of rotatable bonds is 7. The number of fused-ring (bicyclic) bond motifs is 3. The Bertz CT molecular complexity index is 1020. The maximum atomic E-state index is 12.5. The Morgan fingerprint density at radius 3 is 2.27 bits per heavy atom. The van der Waals surface area contributed by atoms with Gasteiger partial charge in [-0.3, -0.25) is 4.79 Å². The number of nitrogens with one attached hydrogen (secondary N) is 2. The average Bonchev–Trinajstić information content (AvgIpc) is 3.34. The second-order valence-electron chi connectivity index (χ2n) is 9.10. The molecule has 1 aliphatic carbocycles. The van der Waals surface area contributed by atoms with Crippen LogP contribution in [0.4, 0.5) is 4.79 Å². The molecule has 3 N–H and O–H groups in total. The van der Waals surface area contributed by atoms with Gasteiger partial charge in [-0.2, -0.15) is 0 Å². The van der Waals surface area contributed by atoms with Gasteiger partial charge in [-0.15, -0.1) is 0 Å². The lowest BCUT2D eigenvalue weighted by atomic mass is 9.98. The van der Waals surface area contributed by atoms with Gasteiger partial charge in [0.15, 0.2) is 6.10 Å². The number of amides is 2. The Labute approximate surface area is 192 Å². The predicted molar refractivity (Wildman–Crippen MR) is 121 cm³/mol. The summed E-state index contributed by atoms with van der Waals surface area (Å²) in [6, 6.07) is 15.6. The fourth-order valence-corrected chi connectivity index (χ4v) is 4.59. The molecule has 0 spiro atoms. The van der Waals surface area contributed by atoms with E-state index >= 15 is 0 Å². The van der Waals surface area contributed by atoms with Crippen LogP contribution in [0.3, 0.4) is 0 Å². The lowest BCUT2D eigenvalue weighted by Crippen LogP contribution is -2.50. The molecule has 33 heavy (non-hydrogen) atoms. The van der Waals surface area contributed by atoms with Gasteiger partial charge >= 0.3 is 12.1 Å². The van der Waals surface area contributed by atoms with Crippen LogP contribution in [0.25, 0.3) is 11.1 Å². The maximum Gasteiger partial charge on any atom is 0.407 e. The smallest absolute Gasteiger partial charge is 0.407 e. The summed E-state index contributed by atoms with van der Waals surface area (Å²) in [6.07, 6.45) is -1.25. The van der Waals surface area contributed by atoms with Crippen molar-refractivity contribution in [3.63, 3.8) is 0 Å². The first-order chi connectivity index (χ1) is 15.7. The lowest BCUT2D eigenvalue weighted by molar-refractivity contribution is -0.148. The maximum absolute atomic E-state index is 12.5. The predicted octanol–water partition coefficient (Wildman–Crippen LogP) is 3.05. The molecule has 1 fully saturated rings. The van der Waals surface area contributed by atoms with Crippen molar-refractivity contribution in [3.05, 3.63) is 59.7 Å². The van der Waals surface area contributed by atoms with E-state index in [4.69, 9.17) is 14.6 Å². The highest BCUT2D eigenvalue weighted by Gasteiger charge is 2.36. The molecule has 1 aliphatic heterocycles. The molecule has 2 aromatic rings. The van der Waals surface area contributed by atoms with Crippen molar-refractivity contribution < 1.29 is 29.0 Å². The Kier molecular flexibility index (Phi) is 6.37. The summed E-state index contributed by atoms with van der Waals surface area (Å²) in [5, 5.41) is 14.6. The van der Waals surface area contributed by atoms with Crippen molar-refractivity contribution in [2.24, 2.45) is 0 Å². The van der Waals surface area contributed by atoms with Crippen molar-refractivity contribution >= 4 is 18.0 Å². The molecular weight excluding hydrogens is 424 g/mol. The third-order valence-electron chi connectivity index (χ3n) is 6.07. The molecule has 2 aliphatic rings. The molecule has 2 aromatic carbocycles. The molecule has 4 rings (SSSR count). The normalized spacial score (nSPS) is 19.5. The zero-order valence-corrected chi connectivity index (χ0v) is 18.7. The van der Waals surface area contributed by atoms with Crippen molar-refractivity contribution in [2.75, 3.05) is 13.2 Å². The molecule has 0 saturated carbocycles. The van der Waals surface area contributed by atoms with E-state index in [1.54, 1.807) is 13.8 Å². The van der Waals surface area contributed by atoms with Gasteiger partial charge in [0.1, 0.15) is 6.61 Å². The van der Waals surface area contributed by atoms with Crippen LogP contribution in [0, 0.1) is 0 Å². The van der Waals surface area contributed by atoms with Crippen molar-refractivity contribution in [1.29, 1.82) is 0 Å². The number of benzene rings is 2. The van der Waals surface area contributed by atoms with E-state index in [9.17, 15) is 14.4 Å². The van der Waals surface area contributed by atoms with Crippen LogP contribution in [0.1, 0.15) is 43.7 Å². The zero-order chi connectivity index (χ0) is 23.6. The number of carboxylic acids is 1. The van der Waals surface area contributed by atoms with Crippen molar-refractivity contribution in [3.8, 4) is 11.1 Å². The second-order valence-corrected chi connectivity index (χ2v) is 9.10. The fraction of sp³-hybridized carbons (Fsp3) is 0.400. The molecule has 0 aromatic heterocycles. The van der Waals surface area contributed by atoms with Crippen LogP contribution < -0.4 is 10.6 Å². The van der Waals surface area contributed by atoms with Gasteiger partial charge < -0.3 is 25.2 Å². The largest absolute Gasteiger partial charge is 0.479 e. The monoisotopic (exact) mass is 452 g/mol. The molecule has 0 bridgehead atoms. The molecule has 1 heterocycles. The molecule has 1 saturated heterocycles. The second kappa shape index (κ2) is 9.23. The minimum absolute atomic E-state index is 0.0277. The van der Waals surface area contributed by atoms with E-state index < -0.39 is 29.7 Å². The molecule has 8 heteroatoms. The first kappa shape index (κ1) is 22.8. The number of hydrogen-bond donors (Lipinski definition) is 3. The third kappa shape index (κ3) is 5.01. The van der Waals surface area contributed by atoms with Gasteiger partial charge in [0.2, 0.25) is 5.91 Å². The van der Waals surface area contributed by atoms with Crippen LogP contribution >= 0.6 is 0 Å². The first-order valence-corrected chi connectivity index (χ1v) is 11.0. The first-order valence-electron chi connectivity index (χ1n) is 11.0. The van der Waals surface area contributed by atoms with E-state index in [-0.39, 0.29) is 31.5 Å². The van der Waals surface area contributed by atoms with Crippen LogP contribution in [0.2, 0.25) is 0 Å². The molecule has 0 unspecified atom stereocenters. The summed E-state index contributed by atoms with van der Waals surface area (Å²) in [6.45, 7) is 3.90. The molecule has 2 atom stereocenters. The number of carboxylic acid groups (broad SMARTS) is 1. The number of aliphatic carboxylic acids is 1. The van der Waals surface area contributed by atoms with E-state index in [0.29, 0.717) is 6.42 Å². The van der Waals surface area contributed by atoms with Gasteiger partial charge in [0.05, 0.1) is 6.04 Å². The van der Waals surface area contributed by atoms with E-state index in [1.807, 2.05) is 36.4 Å². The average molecular weight is 453 g/mol. The summed E-state index contributed by atoms with van der Waals surface area (Å²) in [5.74, 6) is -1.51. The van der Waals surface area contributed by atoms with Gasteiger partial charge in [-0.05, 0) is 42.5 Å². The summed E-state index contributed by atoms with van der Waals surface area (Å²) >= 11 is 0. The number of alkyl carbamates (subject to hydrolysis) is 1. The molecule has 2 amide bonds. The number of ether oxygens (including phenoxy) is 2. The number of carbonyl (C=O) groups is 3. The van der Waals surface area contributed by atoms with E-state index in [0.717, 1.165) is 22.3 Å². The van der Waals surface area contributed by atoms with Crippen LogP contribution in [0.15, 0.2) is 48.5 Å². The Morgan fingerprint density at radius 2 is 1.67 bits per heavy atom. The van der Waals surface area contributed by atoms with Gasteiger partial charge in [-0.25, -0.2) is 9.59 Å². The molecule has 174 valence electrons. The third-order valence-corrected chi connectivity index (χ3v) is 6.07. The SMILES string of the molecule is CC(C)(CC(=O)N[C@@H]1CCO[C@@H]1C(=O)O)NC(=O)OCC1c2ccccc2-c2ccccc21. The topological polar surface area (TPSA) is 114 Å². The standard InChI is InChI=1S/C25H28N2O6/c1-25(2,13-21(28)26-20-11-12-32-22(20)23(29)30)27-24(31)33-14-19-17-9-5-3-7-15(17)16-8-4-6-10-18(16)19/h3-10,19-20,22H,11-14H2,1-2H3,(H,26,28)(H,27,31)(H,29,30)/t20-,22+/m1/s1. The van der Waals surface area contributed by atoms with E-state index in [1.165, 1.54) is 0 Å². The highest BCUT2D eigenvalue weighted by atomic mass is 16.5. The highest BCUT2D eigenvalue weighted by molar-refractivity contribution is 5.81. The molecular formula is C25H28N2O6. The summed E-state index contributed by atoms with van der Waals surface area (Å²) in [5.41, 5.74) is 3.66. The Balaban J connectivity index is 1.32. The summed E-state index contributed by atoms with van der Waals surface area (Å²) in [4.78, 5) is 36.2. The molecule has 8 nitrogen and oxygen atoms in total. The highest BCUT2D eigenvalue weighted by Crippen LogP contribution is 2.44. The Hall–Kier alpha value is -3.39. The lowest BCUT2D eigenvalue weighted by Gasteiger charge is -2.27. The van der Waals surface area contributed by atoms with Crippen LogP contribution in [-0.4, -0.2) is 54.0 Å². The van der Waals surface area contributed by atoms with Gasteiger partial charge in [0.25, 0.3) is 0 Å². The number of carbonyl (C=O) groups excluding carboxylic acids is 2. The fourth-order valence-electron chi connectivity index (χ4n) is 4.59. The Morgan fingerprint density at radius 1 is 1.06 bits per heavy atom.